The number of rotatable bonds is 12. The molecule has 10 nitrogen and oxygen atoms in total. The van der Waals surface area contributed by atoms with Crippen LogP contribution in [0.1, 0.15) is 69.4 Å². The lowest BCUT2D eigenvalue weighted by atomic mass is 9.98. The Balaban J connectivity index is 1.65. The van der Waals surface area contributed by atoms with Gasteiger partial charge in [-0.2, -0.15) is 0 Å². The Labute approximate surface area is 276 Å². The van der Waals surface area contributed by atoms with Crippen LogP contribution in [-0.4, -0.2) is 74.9 Å². The third-order valence-corrected chi connectivity index (χ3v) is 8.10. The number of carbonyl (C=O) groups excluding carboxylic acids is 2. The van der Waals surface area contributed by atoms with E-state index in [0.29, 0.717) is 22.7 Å². The molecule has 0 bridgehead atoms. The molecule has 12 heteroatoms. The van der Waals surface area contributed by atoms with E-state index in [1.54, 1.807) is 92.1 Å². The van der Waals surface area contributed by atoms with E-state index in [4.69, 9.17) is 28.4 Å². The van der Waals surface area contributed by atoms with Crippen LogP contribution in [0.5, 0.6) is 11.5 Å². The summed E-state index contributed by atoms with van der Waals surface area (Å²) in [4.78, 5) is 26.7. The van der Waals surface area contributed by atoms with Crippen LogP contribution in [0.3, 0.4) is 0 Å². The third-order valence-electron chi connectivity index (χ3n) is 8.10. The Morgan fingerprint density at radius 1 is 1.11 bits per heavy atom. The summed E-state index contributed by atoms with van der Waals surface area (Å²) in [6.45, 7) is 10.2. The summed E-state index contributed by atoms with van der Waals surface area (Å²) in [5.74, 6) is -3.06. The number of ether oxygens (including phenoxy) is 6. The molecule has 4 rings (SSSR count). The molecule has 2 aliphatic heterocycles. The number of nitrogens with zero attached hydrogens (tertiary/aromatic N) is 1. The molecule has 0 spiro atoms. The van der Waals surface area contributed by atoms with E-state index < -0.39 is 53.7 Å². The van der Waals surface area contributed by atoms with Gasteiger partial charge in [-0.3, -0.25) is 4.79 Å². The van der Waals surface area contributed by atoms with Gasteiger partial charge in [0, 0.05) is 38.6 Å². The summed E-state index contributed by atoms with van der Waals surface area (Å²) in [5, 5.41) is 10.1. The molecule has 1 fully saturated rings. The van der Waals surface area contributed by atoms with Crippen LogP contribution < -0.4 is 14.4 Å². The monoisotopic (exact) mass is 653 g/mol. The van der Waals surface area contributed by atoms with Gasteiger partial charge in [0.1, 0.15) is 35.1 Å². The van der Waals surface area contributed by atoms with Crippen LogP contribution in [0.4, 0.5) is 14.9 Å². The lowest BCUT2D eigenvalue weighted by Gasteiger charge is -2.33. The number of methoxy groups -OCH3 is 1. The van der Waals surface area contributed by atoms with Crippen LogP contribution in [0.15, 0.2) is 54.4 Å². The van der Waals surface area contributed by atoms with Crippen molar-refractivity contribution in [3.05, 3.63) is 71.1 Å². The largest absolute Gasteiger partial charge is 0.497 e. The number of cyclic esters (lactones) is 1. The molecule has 0 aromatic heterocycles. The molecule has 0 radical (unpaired) electrons. The standard InChI is InChI=1S/C35H45BFNO9/c1-20(21(2)39)16-26(37)30(43-19-22-12-14-25(42-8)15-13-22)31-27(44-34(3,4)46-31)11-9-10-23-17-24(38(7)33(36)41)18-28-29(23)32(40)47-35(5,6)45-28/h9-10,12-18,20-21,27,30-31,39H,11,19,36H2,1-8H3/b10-9+,26-16+/t20-,21+,27+,30-,31+/m1/s1. The average molecular weight is 654 g/mol. The predicted molar refractivity (Wildman–Crippen MR) is 178 cm³/mol. The van der Waals surface area contributed by atoms with E-state index in [9.17, 15) is 14.7 Å². The summed E-state index contributed by atoms with van der Waals surface area (Å²) in [5.41, 5.74) is 2.04. The molecule has 2 aliphatic rings. The van der Waals surface area contributed by atoms with E-state index in [1.165, 1.54) is 18.8 Å². The second-order valence-corrected chi connectivity index (χ2v) is 12.9. The Kier molecular flexibility index (Phi) is 11.2. The number of halogens is 1. The van der Waals surface area contributed by atoms with Crippen molar-refractivity contribution in [3.8, 4) is 11.5 Å². The zero-order chi connectivity index (χ0) is 34.7. The van der Waals surface area contributed by atoms with E-state index in [0.717, 1.165) is 5.56 Å². The molecule has 0 aliphatic carbocycles. The quantitative estimate of drug-likeness (QED) is 0.233. The van der Waals surface area contributed by atoms with Gasteiger partial charge in [-0.1, -0.05) is 31.2 Å². The maximum Gasteiger partial charge on any atom is 0.345 e. The second-order valence-electron chi connectivity index (χ2n) is 12.9. The van der Waals surface area contributed by atoms with Crippen LogP contribution in [0.2, 0.25) is 0 Å². The highest BCUT2D eigenvalue weighted by atomic mass is 19.1. The Hall–Kier alpha value is -3.71. The number of anilines is 1. The molecule has 254 valence electrons. The number of fused-ring (bicyclic) bond motifs is 1. The molecular weight excluding hydrogens is 608 g/mol. The maximum absolute atomic E-state index is 16.0. The summed E-state index contributed by atoms with van der Waals surface area (Å²) < 4.78 is 51.3. The highest BCUT2D eigenvalue weighted by Crippen LogP contribution is 2.39. The Morgan fingerprint density at radius 2 is 1.79 bits per heavy atom. The summed E-state index contributed by atoms with van der Waals surface area (Å²) in [6.07, 6.45) is 1.70. The van der Waals surface area contributed by atoms with Gasteiger partial charge in [0.05, 0.1) is 25.9 Å². The Bertz CT molecular complexity index is 1510. The molecule has 1 amide bonds. The normalized spacial score (nSPS) is 22.2. The predicted octanol–water partition coefficient (Wildman–Crippen LogP) is 5.55. The van der Waals surface area contributed by atoms with Crippen LogP contribution >= 0.6 is 0 Å². The lowest BCUT2D eigenvalue weighted by molar-refractivity contribution is -0.158. The highest BCUT2D eigenvalue weighted by Gasteiger charge is 2.47. The highest BCUT2D eigenvalue weighted by molar-refractivity contribution is 6.60. The number of esters is 1. The first kappa shape index (κ1) is 36.1. The minimum Gasteiger partial charge on any atom is -0.497 e. The smallest absolute Gasteiger partial charge is 0.345 e. The van der Waals surface area contributed by atoms with Crippen LogP contribution in [0.25, 0.3) is 6.08 Å². The lowest BCUT2D eigenvalue weighted by Crippen LogP contribution is -2.39. The third kappa shape index (κ3) is 9.01. The van der Waals surface area contributed by atoms with Gasteiger partial charge >= 0.3 is 5.97 Å². The number of hydrogen-bond donors (Lipinski definition) is 1. The number of hydrogen-bond acceptors (Lipinski definition) is 9. The average Bonchev–Trinajstić information content (AvgIpc) is 3.29. The van der Waals surface area contributed by atoms with Crippen molar-refractivity contribution in [2.24, 2.45) is 5.92 Å². The van der Waals surface area contributed by atoms with Crippen molar-refractivity contribution >= 4 is 31.4 Å². The van der Waals surface area contributed by atoms with E-state index >= 15 is 4.39 Å². The first-order chi connectivity index (χ1) is 22.0. The summed E-state index contributed by atoms with van der Waals surface area (Å²) in [6, 6.07) is 10.6. The molecule has 1 N–H and O–H groups in total. The number of aliphatic hydroxyl groups is 1. The number of aliphatic hydroxyl groups excluding tert-OH is 1. The first-order valence-corrected chi connectivity index (χ1v) is 15.7. The molecule has 47 heavy (non-hydrogen) atoms. The van der Waals surface area contributed by atoms with Crippen LogP contribution in [0, 0.1) is 5.92 Å². The van der Waals surface area contributed by atoms with E-state index in [2.05, 4.69) is 0 Å². The molecular formula is C35H45BFNO9. The van der Waals surface area contributed by atoms with Crippen molar-refractivity contribution < 1.29 is 47.5 Å². The first-order valence-electron chi connectivity index (χ1n) is 15.7. The number of carbonyl (C=O) groups is 2. The topological polar surface area (TPSA) is 113 Å². The number of amides is 1. The minimum absolute atomic E-state index is 0.0862. The van der Waals surface area contributed by atoms with E-state index in [1.807, 2.05) is 12.1 Å². The molecule has 1 saturated heterocycles. The van der Waals surface area contributed by atoms with E-state index in [-0.39, 0.29) is 24.4 Å². The molecule has 0 unspecified atom stereocenters. The van der Waals surface area contributed by atoms with Gasteiger partial charge in [-0.05, 0) is 62.6 Å². The SMILES string of the molecule is BC(=O)N(C)c1cc(/C=C/C[C@@H]2OC(C)(C)O[C@@H]2[C@H](OCc2ccc(OC)cc2)/C(F)=C\[C@@H](C)[C@H](C)O)c2c(c1)OC(C)(C)OC2=O. The van der Waals surface area contributed by atoms with Gasteiger partial charge in [0.15, 0.2) is 11.6 Å². The summed E-state index contributed by atoms with van der Waals surface area (Å²) in [7, 11) is 4.65. The van der Waals surface area contributed by atoms with Gasteiger partial charge in [0.25, 0.3) is 0 Å². The molecule has 0 saturated carbocycles. The second kappa shape index (κ2) is 14.6. The summed E-state index contributed by atoms with van der Waals surface area (Å²) >= 11 is 0. The maximum atomic E-state index is 16.0. The van der Waals surface area contributed by atoms with Crippen molar-refractivity contribution in [2.45, 2.75) is 90.6 Å². The van der Waals surface area contributed by atoms with Gasteiger partial charge in [-0.25, -0.2) is 9.18 Å². The molecule has 2 heterocycles. The van der Waals surface area contributed by atoms with Crippen LogP contribution in [-0.2, 0) is 25.6 Å². The fraction of sp³-hybridized carbons (Fsp3) is 0.486. The number of benzene rings is 2. The van der Waals surface area contributed by atoms with Crippen molar-refractivity contribution in [3.63, 3.8) is 0 Å². The van der Waals surface area contributed by atoms with Crippen molar-refractivity contribution in [1.29, 1.82) is 0 Å². The molecule has 5 atom stereocenters. The van der Waals surface area contributed by atoms with Gasteiger partial charge in [-0.15, -0.1) is 0 Å². The fourth-order valence-electron chi connectivity index (χ4n) is 5.34. The Morgan fingerprint density at radius 3 is 2.40 bits per heavy atom. The van der Waals surface area contributed by atoms with Crippen molar-refractivity contribution in [2.75, 3.05) is 19.1 Å². The van der Waals surface area contributed by atoms with Gasteiger partial charge < -0.3 is 38.4 Å². The van der Waals surface area contributed by atoms with Crippen molar-refractivity contribution in [1.82, 2.24) is 0 Å². The fourth-order valence-corrected chi connectivity index (χ4v) is 5.34. The zero-order valence-corrected chi connectivity index (χ0v) is 28.5. The molecule has 2 aromatic rings. The molecule has 2 aromatic carbocycles. The van der Waals surface area contributed by atoms with Gasteiger partial charge in [0.2, 0.25) is 13.6 Å². The zero-order valence-electron chi connectivity index (χ0n) is 28.5. The minimum atomic E-state index is -1.18.